The van der Waals surface area contributed by atoms with Gasteiger partial charge in [0.1, 0.15) is 0 Å². The Labute approximate surface area is 64.4 Å². The van der Waals surface area contributed by atoms with Crippen molar-refractivity contribution in [3.8, 4) is 0 Å². The van der Waals surface area contributed by atoms with Gasteiger partial charge in [-0.2, -0.15) is 6.08 Å². The summed E-state index contributed by atoms with van der Waals surface area (Å²) in [5, 5.41) is 0. The van der Waals surface area contributed by atoms with Crippen molar-refractivity contribution in [3.05, 3.63) is 12.2 Å². The van der Waals surface area contributed by atoms with E-state index in [-0.39, 0.29) is 21.1 Å². The molecule has 0 fully saturated rings. The Morgan fingerprint density at radius 1 is 1.50 bits per heavy atom. The predicted molar refractivity (Wildman–Crippen MR) is 29.7 cm³/mol. The van der Waals surface area contributed by atoms with Crippen LogP contribution in [0.1, 0.15) is 13.8 Å². The van der Waals surface area contributed by atoms with E-state index in [0.717, 1.165) is 0 Å². The van der Waals surface area contributed by atoms with Crippen LogP contribution in [0.15, 0.2) is 12.2 Å². The molecule has 2 heteroatoms. The Bertz CT molecular complexity index is 76.6. The van der Waals surface area contributed by atoms with Gasteiger partial charge in [0.15, 0.2) is 0 Å². The smallest absolute Gasteiger partial charge is 0 e. The van der Waals surface area contributed by atoms with Crippen molar-refractivity contribution in [2.24, 2.45) is 5.92 Å². The van der Waals surface area contributed by atoms with E-state index in [1.54, 1.807) is 12.4 Å². The molecular formula is C6H9OW-. The number of hydrogen-bond donors (Lipinski definition) is 0. The zero-order chi connectivity index (χ0) is 5.70. The van der Waals surface area contributed by atoms with Gasteiger partial charge in [0.25, 0.3) is 0 Å². The van der Waals surface area contributed by atoms with Gasteiger partial charge in [-0.25, -0.2) is 6.08 Å². The van der Waals surface area contributed by atoms with Crippen LogP contribution in [-0.4, -0.2) is 6.29 Å². The first-order valence-corrected chi connectivity index (χ1v) is 2.31. The molecule has 8 heavy (non-hydrogen) atoms. The fourth-order valence-corrected chi connectivity index (χ4v) is 0.232. The van der Waals surface area contributed by atoms with E-state index in [2.05, 4.69) is 0 Å². The molecule has 0 aromatic heterocycles. The fraction of sp³-hybridized carbons (Fsp3) is 0.500. The Morgan fingerprint density at radius 2 is 2.00 bits per heavy atom. The summed E-state index contributed by atoms with van der Waals surface area (Å²) in [7, 11) is 0. The molecule has 0 saturated heterocycles. The Morgan fingerprint density at radius 3 is 2.12 bits per heavy atom. The van der Waals surface area contributed by atoms with Crippen LogP contribution in [0.5, 0.6) is 0 Å². The van der Waals surface area contributed by atoms with Crippen LogP contribution in [0.2, 0.25) is 0 Å². The van der Waals surface area contributed by atoms with Gasteiger partial charge in [0.2, 0.25) is 0 Å². The van der Waals surface area contributed by atoms with Crippen molar-refractivity contribution in [3.63, 3.8) is 0 Å². The topological polar surface area (TPSA) is 17.1 Å². The molecule has 0 spiro atoms. The van der Waals surface area contributed by atoms with Crippen molar-refractivity contribution in [2.45, 2.75) is 13.8 Å². The van der Waals surface area contributed by atoms with E-state index in [9.17, 15) is 4.79 Å². The van der Waals surface area contributed by atoms with Crippen molar-refractivity contribution in [1.29, 1.82) is 0 Å². The van der Waals surface area contributed by atoms with E-state index in [4.69, 9.17) is 0 Å². The first-order valence-electron chi connectivity index (χ1n) is 2.31. The molecule has 0 aliphatic carbocycles. The Kier molecular flexibility index (Phi) is 9.74. The summed E-state index contributed by atoms with van der Waals surface area (Å²) in [6, 6.07) is 0. The molecule has 0 radical (unpaired) electrons. The summed E-state index contributed by atoms with van der Waals surface area (Å²) < 4.78 is 0. The van der Waals surface area contributed by atoms with Crippen LogP contribution >= 0.6 is 0 Å². The van der Waals surface area contributed by atoms with Gasteiger partial charge in [-0.15, -0.1) is 0 Å². The second kappa shape index (κ2) is 7.10. The molecule has 0 unspecified atom stereocenters. The number of carbonyl (C=O) groups excluding carboxylic acids is 1. The summed E-state index contributed by atoms with van der Waals surface area (Å²) in [6.45, 7) is 4.02. The normalized spacial score (nSPS) is 9.38. The quantitative estimate of drug-likeness (QED) is 0.551. The first-order chi connectivity index (χ1) is 3.27. The molecule has 0 aliphatic heterocycles. The average molecular weight is 281 g/mol. The van der Waals surface area contributed by atoms with E-state index >= 15 is 0 Å². The molecule has 0 rings (SSSR count). The van der Waals surface area contributed by atoms with E-state index in [1.807, 2.05) is 13.8 Å². The summed E-state index contributed by atoms with van der Waals surface area (Å²) in [5.74, 6) is 0.460. The summed E-state index contributed by atoms with van der Waals surface area (Å²) in [4.78, 5) is 9.50. The molecule has 0 aliphatic rings. The third-order valence-corrected chi connectivity index (χ3v) is 0.549. The molecule has 46 valence electrons. The molecule has 0 aromatic carbocycles. The van der Waals surface area contributed by atoms with Gasteiger partial charge in [0.05, 0.1) is 0 Å². The van der Waals surface area contributed by atoms with Gasteiger partial charge in [-0.05, 0) is 6.29 Å². The average Bonchev–Trinajstić information content (AvgIpc) is 1.61. The molecule has 0 bridgehead atoms. The van der Waals surface area contributed by atoms with Crippen LogP contribution in [0.3, 0.4) is 0 Å². The van der Waals surface area contributed by atoms with Gasteiger partial charge >= 0.3 is 0 Å². The SMILES string of the molecule is CC(C)/C=C/[C-]=O.[W]. The van der Waals surface area contributed by atoms with Crippen molar-refractivity contribution < 1.29 is 25.9 Å². The van der Waals surface area contributed by atoms with Crippen LogP contribution in [-0.2, 0) is 25.9 Å². The van der Waals surface area contributed by atoms with Crippen LogP contribution in [0.4, 0.5) is 0 Å². The van der Waals surface area contributed by atoms with E-state index in [0.29, 0.717) is 5.92 Å². The van der Waals surface area contributed by atoms with Crippen molar-refractivity contribution >= 4 is 6.29 Å². The second-order valence-corrected chi connectivity index (χ2v) is 1.72. The first kappa shape index (κ1) is 11.0. The number of hydrogen-bond acceptors (Lipinski definition) is 1. The third kappa shape index (κ3) is 9.44. The van der Waals surface area contributed by atoms with Gasteiger partial charge in [-0.1, -0.05) is 19.8 Å². The summed E-state index contributed by atoms with van der Waals surface area (Å²) in [6.07, 6.45) is 4.86. The summed E-state index contributed by atoms with van der Waals surface area (Å²) in [5.41, 5.74) is 0. The minimum absolute atomic E-state index is 0. The zero-order valence-corrected chi connectivity index (χ0v) is 7.98. The molecular weight excluding hydrogens is 272 g/mol. The molecule has 0 saturated carbocycles. The van der Waals surface area contributed by atoms with Crippen LogP contribution in [0.25, 0.3) is 0 Å². The van der Waals surface area contributed by atoms with Gasteiger partial charge in [0, 0.05) is 21.1 Å². The Hall–Kier alpha value is 0.0983. The molecule has 0 N–H and O–H groups in total. The minimum atomic E-state index is 0. The van der Waals surface area contributed by atoms with E-state index in [1.165, 1.54) is 6.08 Å². The minimum Gasteiger partial charge on any atom is -0.419 e. The standard InChI is InChI=1S/C6H9O.W/c1-6(2)4-3-5-7;/h3-4,6H,1-2H3;/q-1;/b4-3+;. The van der Waals surface area contributed by atoms with Gasteiger partial charge < -0.3 is 4.79 Å². The van der Waals surface area contributed by atoms with Crippen molar-refractivity contribution in [2.75, 3.05) is 0 Å². The monoisotopic (exact) mass is 281 g/mol. The largest absolute Gasteiger partial charge is 0.419 e. The zero-order valence-electron chi connectivity index (χ0n) is 5.05. The molecule has 0 aromatic rings. The number of allylic oxidation sites excluding steroid dienone is 2. The maximum Gasteiger partial charge on any atom is 0 e. The predicted octanol–water partition coefficient (Wildman–Crippen LogP) is 1.31. The van der Waals surface area contributed by atoms with E-state index < -0.39 is 0 Å². The van der Waals surface area contributed by atoms with Crippen LogP contribution < -0.4 is 0 Å². The maximum absolute atomic E-state index is 9.50. The fourth-order valence-electron chi connectivity index (χ4n) is 0.232. The molecule has 0 atom stereocenters. The maximum atomic E-state index is 9.50. The second-order valence-electron chi connectivity index (χ2n) is 1.72. The van der Waals surface area contributed by atoms with Gasteiger partial charge in [-0.3, -0.25) is 0 Å². The third-order valence-electron chi connectivity index (χ3n) is 0.549. The van der Waals surface area contributed by atoms with Crippen molar-refractivity contribution in [1.82, 2.24) is 0 Å². The molecule has 0 heterocycles. The molecule has 0 amide bonds. The Balaban J connectivity index is 0. The molecule has 1 nitrogen and oxygen atoms in total. The summed E-state index contributed by atoms with van der Waals surface area (Å²) >= 11 is 0. The number of rotatable bonds is 2. The van der Waals surface area contributed by atoms with Crippen LogP contribution in [0, 0.1) is 5.92 Å².